The van der Waals surface area contributed by atoms with Crippen LogP contribution >= 0.6 is 0 Å². The summed E-state index contributed by atoms with van der Waals surface area (Å²) in [6, 6.07) is 7.70. The van der Waals surface area contributed by atoms with Crippen LogP contribution in [-0.4, -0.2) is 27.1 Å². The average molecular weight is 316 g/mol. The Hall–Kier alpha value is -2.63. The number of amides is 1. The zero-order valence-electron chi connectivity index (χ0n) is 12.9. The summed E-state index contributed by atoms with van der Waals surface area (Å²) in [4.78, 5) is 23.6. The second-order valence-corrected chi connectivity index (χ2v) is 5.94. The van der Waals surface area contributed by atoms with Crippen molar-refractivity contribution in [3.05, 3.63) is 53.1 Å². The van der Waals surface area contributed by atoms with Crippen LogP contribution in [0.4, 0.5) is 4.39 Å². The fourth-order valence-corrected chi connectivity index (χ4v) is 2.78. The smallest absolute Gasteiger partial charge is 0.329 e. The van der Waals surface area contributed by atoms with Gasteiger partial charge < -0.3 is 15.0 Å². The maximum atomic E-state index is 13.1. The lowest BCUT2D eigenvalue weighted by Gasteiger charge is -2.13. The van der Waals surface area contributed by atoms with Gasteiger partial charge in [-0.3, -0.25) is 4.79 Å². The van der Waals surface area contributed by atoms with Gasteiger partial charge in [0.15, 0.2) is 0 Å². The molecule has 1 heterocycles. The van der Waals surface area contributed by atoms with Gasteiger partial charge in [-0.25, -0.2) is 9.18 Å². The molecule has 0 spiro atoms. The predicted octanol–water partition coefficient (Wildman–Crippen LogP) is 2.58. The fraction of sp³-hybridized carbons (Fsp3) is 0.294. The van der Waals surface area contributed by atoms with Crippen LogP contribution < -0.4 is 5.32 Å². The molecule has 1 aromatic carbocycles. The molecule has 1 amide bonds. The molecule has 5 nitrogen and oxygen atoms in total. The van der Waals surface area contributed by atoms with Crippen molar-refractivity contribution in [2.24, 2.45) is 0 Å². The van der Waals surface area contributed by atoms with Gasteiger partial charge in [0, 0.05) is 17.1 Å². The van der Waals surface area contributed by atoms with Crippen LogP contribution in [0.5, 0.6) is 0 Å². The van der Waals surface area contributed by atoms with E-state index in [-0.39, 0.29) is 5.82 Å². The number of nitrogens with one attached hydrogen (secondary N) is 1. The highest BCUT2D eigenvalue weighted by Crippen LogP contribution is 2.36. The van der Waals surface area contributed by atoms with Crippen molar-refractivity contribution >= 4 is 11.9 Å². The lowest BCUT2D eigenvalue weighted by Crippen LogP contribution is -2.43. The number of halogens is 1. The van der Waals surface area contributed by atoms with Gasteiger partial charge in [-0.05, 0) is 57.0 Å². The number of hydrogen-bond acceptors (Lipinski definition) is 2. The molecule has 3 rings (SSSR count). The molecule has 1 aliphatic carbocycles. The topological polar surface area (TPSA) is 71.3 Å². The zero-order valence-corrected chi connectivity index (χ0v) is 12.9. The van der Waals surface area contributed by atoms with Crippen molar-refractivity contribution in [1.82, 2.24) is 9.88 Å². The van der Waals surface area contributed by atoms with Gasteiger partial charge >= 0.3 is 5.97 Å². The first-order chi connectivity index (χ1) is 10.8. The Morgan fingerprint density at radius 3 is 2.35 bits per heavy atom. The summed E-state index contributed by atoms with van der Waals surface area (Å²) in [5.74, 6) is -1.73. The van der Waals surface area contributed by atoms with E-state index in [2.05, 4.69) is 5.32 Å². The summed E-state index contributed by atoms with van der Waals surface area (Å²) in [6.07, 6.45) is 0.898. The molecule has 0 bridgehead atoms. The van der Waals surface area contributed by atoms with Crippen LogP contribution in [0, 0.1) is 19.7 Å². The first-order valence-electron chi connectivity index (χ1n) is 7.35. The van der Waals surface area contributed by atoms with E-state index < -0.39 is 17.4 Å². The summed E-state index contributed by atoms with van der Waals surface area (Å²) < 4.78 is 14.9. The van der Waals surface area contributed by atoms with Crippen LogP contribution in [0.3, 0.4) is 0 Å². The van der Waals surface area contributed by atoms with Gasteiger partial charge in [-0.1, -0.05) is 0 Å². The number of aliphatic carboxylic acids is 1. The summed E-state index contributed by atoms with van der Waals surface area (Å²) >= 11 is 0. The molecule has 0 unspecified atom stereocenters. The average Bonchev–Trinajstić information content (AvgIpc) is 3.21. The standard InChI is InChI=1S/C17H17FN2O3/c1-10-9-14(15(21)19-17(7-8-17)16(22)23)11(2)20(10)13-5-3-12(18)4-6-13/h3-6,9H,7-8H2,1-2H3,(H,19,21)(H,22,23). The molecular weight excluding hydrogens is 299 g/mol. The lowest BCUT2D eigenvalue weighted by molar-refractivity contribution is -0.140. The molecule has 0 aliphatic heterocycles. The molecule has 1 aliphatic rings. The van der Waals surface area contributed by atoms with Crippen LogP contribution in [-0.2, 0) is 4.79 Å². The van der Waals surface area contributed by atoms with Gasteiger partial charge in [-0.15, -0.1) is 0 Å². The second kappa shape index (κ2) is 5.22. The SMILES string of the molecule is Cc1cc(C(=O)NC2(C(=O)O)CC2)c(C)n1-c1ccc(F)cc1. The van der Waals surface area contributed by atoms with Crippen molar-refractivity contribution in [2.45, 2.75) is 32.2 Å². The number of carboxylic acid groups (broad SMARTS) is 1. The Morgan fingerprint density at radius 2 is 1.83 bits per heavy atom. The minimum Gasteiger partial charge on any atom is -0.480 e. The monoisotopic (exact) mass is 316 g/mol. The van der Waals surface area contributed by atoms with E-state index in [1.807, 2.05) is 11.5 Å². The van der Waals surface area contributed by atoms with E-state index in [9.17, 15) is 19.1 Å². The Morgan fingerprint density at radius 1 is 1.22 bits per heavy atom. The van der Waals surface area contributed by atoms with Crippen molar-refractivity contribution in [1.29, 1.82) is 0 Å². The molecule has 1 saturated carbocycles. The van der Waals surface area contributed by atoms with E-state index in [1.54, 1.807) is 25.1 Å². The maximum Gasteiger partial charge on any atom is 0.329 e. The molecule has 23 heavy (non-hydrogen) atoms. The Balaban J connectivity index is 1.93. The molecule has 1 fully saturated rings. The van der Waals surface area contributed by atoms with Crippen LogP contribution in [0.15, 0.2) is 30.3 Å². The third-order valence-electron chi connectivity index (χ3n) is 4.27. The minimum absolute atomic E-state index is 0.327. The first-order valence-corrected chi connectivity index (χ1v) is 7.35. The molecule has 2 aromatic rings. The van der Waals surface area contributed by atoms with Crippen LogP contribution in [0.25, 0.3) is 5.69 Å². The van der Waals surface area contributed by atoms with Crippen molar-refractivity contribution in [3.8, 4) is 5.69 Å². The van der Waals surface area contributed by atoms with E-state index in [1.165, 1.54) is 12.1 Å². The van der Waals surface area contributed by atoms with Gasteiger partial charge in [0.2, 0.25) is 0 Å². The highest BCUT2D eigenvalue weighted by atomic mass is 19.1. The summed E-state index contributed by atoms with van der Waals surface area (Å²) in [6.45, 7) is 3.63. The number of benzene rings is 1. The van der Waals surface area contributed by atoms with Crippen LogP contribution in [0.2, 0.25) is 0 Å². The first kappa shape index (κ1) is 15.3. The van der Waals surface area contributed by atoms with E-state index in [4.69, 9.17) is 0 Å². The number of aromatic nitrogens is 1. The number of carbonyl (C=O) groups excluding carboxylic acids is 1. The van der Waals surface area contributed by atoms with E-state index >= 15 is 0 Å². The molecule has 6 heteroatoms. The highest BCUT2D eigenvalue weighted by molar-refractivity contribution is 6.00. The van der Waals surface area contributed by atoms with Crippen molar-refractivity contribution in [3.63, 3.8) is 0 Å². The number of carbonyl (C=O) groups is 2. The predicted molar refractivity (Wildman–Crippen MR) is 82.3 cm³/mol. The summed E-state index contributed by atoms with van der Waals surface area (Å²) in [5.41, 5.74) is 1.57. The van der Waals surface area contributed by atoms with Gasteiger partial charge in [0.1, 0.15) is 11.4 Å². The van der Waals surface area contributed by atoms with Gasteiger partial charge in [0.25, 0.3) is 5.91 Å². The summed E-state index contributed by atoms with van der Waals surface area (Å²) in [7, 11) is 0. The van der Waals surface area contributed by atoms with Gasteiger partial charge in [0.05, 0.1) is 5.56 Å². The Labute approximate surface area is 132 Å². The minimum atomic E-state index is -1.12. The number of hydrogen-bond donors (Lipinski definition) is 2. The molecule has 0 saturated heterocycles. The molecule has 1 aromatic heterocycles. The fourth-order valence-electron chi connectivity index (χ4n) is 2.78. The normalized spacial score (nSPS) is 15.3. The molecule has 0 atom stereocenters. The van der Waals surface area contributed by atoms with Crippen molar-refractivity contribution in [2.75, 3.05) is 0 Å². The Kier molecular flexibility index (Phi) is 3.47. The number of rotatable bonds is 4. The largest absolute Gasteiger partial charge is 0.480 e. The quantitative estimate of drug-likeness (QED) is 0.910. The number of nitrogens with zero attached hydrogens (tertiary/aromatic N) is 1. The Bertz CT molecular complexity index is 789. The number of aryl methyl sites for hydroxylation is 1. The second-order valence-electron chi connectivity index (χ2n) is 5.94. The molecular formula is C17H17FN2O3. The molecule has 2 N–H and O–H groups in total. The van der Waals surface area contributed by atoms with E-state index in [0.717, 1.165) is 11.4 Å². The van der Waals surface area contributed by atoms with Crippen molar-refractivity contribution < 1.29 is 19.1 Å². The van der Waals surface area contributed by atoms with E-state index in [0.29, 0.717) is 24.1 Å². The molecule has 0 radical (unpaired) electrons. The lowest BCUT2D eigenvalue weighted by atomic mass is 10.2. The highest BCUT2D eigenvalue weighted by Gasteiger charge is 2.51. The third kappa shape index (κ3) is 2.60. The summed E-state index contributed by atoms with van der Waals surface area (Å²) in [5, 5.41) is 11.8. The zero-order chi connectivity index (χ0) is 16.8. The van der Waals surface area contributed by atoms with Crippen LogP contribution in [0.1, 0.15) is 34.6 Å². The third-order valence-corrected chi connectivity index (χ3v) is 4.27. The maximum absolute atomic E-state index is 13.1. The van der Waals surface area contributed by atoms with Gasteiger partial charge in [-0.2, -0.15) is 0 Å². The number of carboxylic acids is 1. The molecule has 120 valence electrons.